The Bertz CT molecular complexity index is 258. The number of nitrogens with zero attached hydrogens (tertiary/aromatic N) is 1. The fraction of sp³-hybridized carbons (Fsp3) is 0.923. The fourth-order valence-corrected chi connectivity index (χ4v) is 1.87. The van der Waals surface area contributed by atoms with Gasteiger partial charge in [0.05, 0.1) is 18.8 Å². The lowest BCUT2D eigenvalue weighted by molar-refractivity contribution is 0.00186. The van der Waals surface area contributed by atoms with Crippen LogP contribution in [0.15, 0.2) is 0 Å². The van der Waals surface area contributed by atoms with Gasteiger partial charge in [-0.15, -0.1) is 0 Å². The predicted octanol–water partition coefficient (Wildman–Crippen LogP) is 2.81. The van der Waals surface area contributed by atoms with Crippen molar-refractivity contribution < 1.29 is 14.3 Å². The molecule has 0 N–H and O–H groups in total. The van der Waals surface area contributed by atoms with Crippen molar-refractivity contribution in [1.82, 2.24) is 4.90 Å². The maximum absolute atomic E-state index is 12.0. The fourth-order valence-electron chi connectivity index (χ4n) is 1.87. The van der Waals surface area contributed by atoms with Gasteiger partial charge in [-0.2, -0.15) is 0 Å². The molecule has 0 aromatic heterocycles. The van der Waals surface area contributed by atoms with Crippen LogP contribution in [0.1, 0.15) is 47.5 Å². The zero-order valence-electron chi connectivity index (χ0n) is 11.7. The molecule has 1 saturated heterocycles. The van der Waals surface area contributed by atoms with Gasteiger partial charge in [-0.25, -0.2) is 4.79 Å². The SMILES string of the molecule is CC(C)OC[C@H]1CCCN1C(=O)OC(C)(C)C. The minimum atomic E-state index is -0.427. The highest BCUT2D eigenvalue weighted by Crippen LogP contribution is 2.21. The van der Waals surface area contributed by atoms with E-state index in [4.69, 9.17) is 9.47 Å². The van der Waals surface area contributed by atoms with E-state index >= 15 is 0 Å². The Kier molecular flexibility index (Phi) is 4.80. The maximum Gasteiger partial charge on any atom is 0.410 e. The van der Waals surface area contributed by atoms with Gasteiger partial charge in [-0.05, 0) is 47.5 Å². The summed E-state index contributed by atoms with van der Waals surface area (Å²) in [7, 11) is 0. The number of amides is 1. The molecule has 0 aromatic rings. The van der Waals surface area contributed by atoms with Crippen molar-refractivity contribution in [2.75, 3.05) is 13.2 Å². The molecule has 17 heavy (non-hydrogen) atoms. The highest BCUT2D eigenvalue weighted by Gasteiger charge is 2.32. The summed E-state index contributed by atoms with van der Waals surface area (Å²) >= 11 is 0. The number of rotatable bonds is 3. The van der Waals surface area contributed by atoms with Crippen molar-refractivity contribution in [3.05, 3.63) is 0 Å². The molecule has 0 radical (unpaired) electrons. The molecule has 100 valence electrons. The van der Waals surface area contributed by atoms with Crippen molar-refractivity contribution >= 4 is 6.09 Å². The van der Waals surface area contributed by atoms with E-state index in [1.54, 1.807) is 4.90 Å². The van der Waals surface area contributed by atoms with Gasteiger partial charge in [0.25, 0.3) is 0 Å². The van der Waals surface area contributed by atoms with Crippen LogP contribution in [0.2, 0.25) is 0 Å². The summed E-state index contributed by atoms with van der Waals surface area (Å²) in [6.07, 6.45) is 2.03. The standard InChI is InChI=1S/C13H25NO3/c1-10(2)16-9-11-7-6-8-14(11)12(15)17-13(3,4)5/h10-11H,6-9H2,1-5H3/t11-/m1/s1. The van der Waals surface area contributed by atoms with Crippen LogP contribution in [-0.2, 0) is 9.47 Å². The Balaban J connectivity index is 2.48. The van der Waals surface area contributed by atoms with Gasteiger partial charge in [-0.1, -0.05) is 0 Å². The molecule has 0 aliphatic carbocycles. The normalized spacial score (nSPS) is 21.1. The van der Waals surface area contributed by atoms with Gasteiger partial charge in [0.1, 0.15) is 5.60 Å². The van der Waals surface area contributed by atoms with Crippen LogP contribution in [0.5, 0.6) is 0 Å². The lowest BCUT2D eigenvalue weighted by Gasteiger charge is -2.28. The zero-order valence-corrected chi connectivity index (χ0v) is 11.7. The first-order valence-electron chi connectivity index (χ1n) is 6.41. The highest BCUT2D eigenvalue weighted by atomic mass is 16.6. The van der Waals surface area contributed by atoms with E-state index in [-0.39, 0.29) is 18.2 Å². The van der Waals surface area contributed by atoms with E-state index in [1.165, 1.54) is 0 Å². The first-order chi connectivity index (χ1) is 7.79. The predicted molar refractivity (Wildman–Crippen MR) is 67.1 cm³/mol. The van der Waals surface area contributed by atoms with Crippen molar-refractivity contribution in [1.29, 1.82) is 0 Å². The summed E-state index contributed by atoms with van der Waals surface area (Å²) in [6, 6.07) is 0.173. The molecule has 0 unspecified atom stereocenters. The minimum Gasteiger partial charge on any atom is -0.444 e. The number of hydrogen-bond donors (Lipinski definition) is 0. The summed E-state index contributed by atoms with van der Waals surface area (Å²) in [6.45, 7) is 11.1. The second-order valence-electron chi connectivity index (χ2n) is 5.85. The quantitative estimate of drug-likeness (QED) is 0.765. The second kappa shape index (κ2) is 5.71. The summed E-state index contributed by atoms with van der Waals surface area (Å²) < 4.78 is 11.0. The van der Waals surface area contributed by atoms with Gasteiger partial charge >= 0.3 is 6.09 Å². The number of ether oxygens (including phenoxy) is 2. The summed E-state index contributed by atoms with van der Waals surface area (Å²) in [4.78, 5) is 13.8. The molecule has 1 atom stereocenters. The first kappa shape index (κ1) is 14.3. The molecular formula is C13H25NO3. The Morgan fingerprint density at radius 1 is 1.41 bits per heavy atom. The number of hydrogen-bond acceptors (Lipinski definition) is 3. The summed E-state index contributed by atoms with van der Waals surface area (Å²) in [5.74, 6) is 0. The molecule has 1 amide bonds. The van der Waals surface area contributed by atoms with E-state index in [0.29, 0.717) is 6.61 Å². The van der Waals surface area contributed by atoms with Crippen molar-refractivity contribution in [2.24, 2.45) is 0 Å². The molecule has 1 fully saturated rings. The van der Waals surface area contributed by atoms with E-state index < -0.39 is 5.60 Å². The van der Waals surface area contributed by atoms with Gasteiger partial charge in [0, 0.05) is 6.54 Å². The molecule has 4 nitrogen and oxygen atoms in total. The average molecular weight is 243 g/mol. The largest absolute Gasteiger partial charge is 0.444 e. The van der Waals surface area contributed by atoms with Crippen molar-refractivity contribution in [2.45, 2.75) is 65.2 Å². The van der Waals surface area contributed by atoms with Gasteiger partial charge < -0.3 is 14.4 Å². The van der Waals surface area contributed by atoms with Crippen LogP contribution < -0.4 is 0 Å². The number of carbonyl (C=O) groups is 1. The van der Waals surface area contributed by atoms with E-state index in [1.807, 2.05) is 34.6 Å². The molecule has 1 rings (SSSR count). The van der Waals surface area contributed by atoms with Crippen LogP contribution >= 0.6 is 0 Å². The smallest absolute Gasteiger partial charge is 0.410 e. The third-order valence-corrected chi connectivity index (χ3v) is 2.63. The topological polar surface area (TPSA) is 38.8 Å². The molecule has 1 heterocycles. The van der Waals surface area contributed by atoms with Gasteiger partial charge in [0.2, 0.25) is 0 Å². The maximum atomic E-state index is 12.0. The monoisotopic (exact) mass is 243 g/mol. The number of likely N-dealkylation sites (tertiary alicyclic amines) is 1. The van der Waals surface area contributed by atoms with Crippen LogP contribution in [-0.4, -0.2) is 41.9 Å². The van der Waals surface area contributed by atoms with Gasteiger partial charge in [-0.3, -0.25) is 0 Å². The van der Waals surface area contributed by atoms with E-state index in [2.05, 4.69) is 0 Å². The minimum absolute atomic E-state index is 0.173. The number of carbonyl (C=O) groups excluding carboxylic acids is 1. The Hall–Kier alpha value is -0.770. The van der Waals surface area contributed by atoms with Gasteiger partial charge in [0.15, 0.2) is 0 Å². The van der Waals surface area contributed by atoms with Crippen molar-refractivity contribution in [3.8, 4) is 0 Å². The highest BCUT2D eigenvalue weighted by molar-refractivity contribution is 5.68. The molecule has 0 spiro atoms. The Morgan fingerprint density at radius 3 is 2.59 bits per heavy atom. The lowest BCUT2D eigenvalue weighted by Crippen LogP contribution is -2.42. The summed E-state index contributed by atoms with van der Waals surface area (Å²) in [5.41, 5.74) is -0.427. The van der Waals surface area contributed by atoms with Crippen LogP contribution in [0.4, 0.5) is 4.79 Å². The third kappa shape index (κ3) is 4.94. The van der Waals surface area contributed by atoms with E-state index in [9.17, 15) is 4.79 Å². The molecule has 4 heteroatoms. The van der Waals surface area contributed by atoms with Crippen molar-refractivity contribution in [3.63, 3.8) is 0 Å². The van der Waals surface area contributed by atoms with E-state index in [0.717, 1.165) is 19.4 Å². The second-order valence-corrected chi connectivity index (χ2v) is 5.85. The first-order valence-corrected chi connectivity index (χ1v) is 6.41. The molecule has 0 saturated carbocycles. The molecular weight excluding hydrogens is 218 g/mol. The Morgan fingerprint density at radius 2 is 2.06 bits per heavy atom. The summed E-state index contributed by atoms with van der Waals surface area (Å²) in [5, 5.41) is 0. The third-order valence-electron chi connectivity index (χ3n) is 2.63. The molecule has 1 aliphatic heterocycles. The van der Waals surface area contributed by atoms with Crippen LogP contribution in [0.3, 0.4) is 0 Å². The van der Waals surface area contributed by atoms with Crippen LogP contribution in [0, 0.1) is 0 Å². The molecule has 0 bridgehead atoms. The average Bonchev–Trinajstić information content (AvgIpc) is 2.59. The Labute approximate surface area is 104 Å². The molecule has 1 aliphatic rings. The lowest BCUT2D eigenvalue weighted by atomic mass is 10.2. The van der Waals surface area contributed by atoms with Crippen LogP contribution in [0.25, 0.3) is 0 Å². The zero-order chi connectivity index (χ0) is 13.1. The molecule has 0 aromatic carbocycles.